The van der Waals surface area contributed by atoms with Gasteiger partial charge in [-0.1, -0.05) is 23.7 Å². The molecule has 4 rings (SSSR count). The number of amides is 1. The standard InChI is InChI=1S/C22H15ClN2O5S/c1-12-15(23)4-2-5-16(12)24-19(17-6-3-11-31-17)18(21(27)22(24)28)20(26)13-7-9-14(10-8-13)25(29)30/h2-11,19,26H,1H3/b20-18-. The van der Waals surface area contributed by atoms with Gasteiger partial charge in [0.25, 0.3) is 17.4 Å². The van der Waals surface area contributed by atoms with Crippen LogP contribution in [-0.2, 0) is 9.59 Å². The van der Waals surface area contributed by atoms with Crippen LogP contribution >= 0.6 is 22.9 Å². The van der Waals surface area contributed by atoms with Crippen molar-refractivity contribution >= 4 is 51.8 Å². The van der Waals surface area contributed by atoms with Crippen LogP contribution in [0.5, 0.6) is 0 Å². The minimum atomic E-state index is -0.854. The Morgan fingerprint density at radius 1 is 1.13 bits per heavy atom. The monoisotopic (exact) mass is 454 g/mol. The van der Waals surface area contributed by atoms with Crippen molar-refractivity contribution in [2.45, 2.75) is 13.0 Å². The molecule has 1 fully saturated rings. The molecule has 1 aromatic heterocycles. The fourth-order valence-electron chi connectivity index (χ4n) is 3.55. The van der Waals surface area contributed by atoms with E-state index >= 15 is 0 Å². The molecule has 1 aliphatic rings. The summed E-state index contributed by atoms with van der Waals surface area (Å²) in [5.74, 6) is -2.02. The van der Waals surface area contributed by atoms with Gasteiger partial charge in [0, 0.05) is 33.3 Å². The van der Waals surface area contributed by atoms with Crippen LogP contribution in [-0.4, -0.2) is 21.7 Å². The number of nitro groups is 1. The van der Waals surface area contributed by atoms with Crippen LogP contribution in [0, 0.1) is 17.0 Å². The molecular formula is C22H15ClN2O5S. The predicted octanol–water partition coefficient (Wildman–Crippen LogP) is 5.24. The van der Waals surface area contributed by atoms with Gasteiger partial charge in [-0.3, -0.25) is 24.6 Å². The summed E-state index contributed by atoms with van der Waals surface area (Å²) in [6.07, 6.45) is 0. The maximum absolute atomic E-state index is 13.1. The van der Waals surface area contributed by atoms with Crippen molar-refractivity contribution in [1.82, 2.24) is 0 Å². The Morgan fingerprint density at radius 3 is 2.45 bits per heavy atom. The number of carbonyl (C=O) groups is 2. The van der Waals surface area contributed by atoms with Crippen LogP contribution < -0.4 is 4.90 Å². The minimum Gasteiger partial charge on any atom is -0.507 e. The van der Waals surface area contributed by atoms with E-state index in [-0.39, 0.29) is 16.8 Å². The molecule has 31 heavy (non-hydrogen) atoms. The van der Waals surface area contributed by atoms with Crippen LogP contribution in [0.15, 0.2) is 65.6 Å². The number of rotatable bonds is 4. The number of non-ortho nitro benzene ring substituents is 1. The molecule has 7 nitrogen and oxygen atoms in total. The van der Waals surface area contributed by atoms with Gasteiger partial charge in [0.2, 0.25) is 0 Å². The fourth-order valence-corrected chi connectivity index (χ4v) is 4.54. The predicted molar refractivity (Wildman–Crippen MR) is 118 cm³/mol. The summed E-state index contributed by atoms with van der Waals surface area (Å²) in [6, 6.07) is 12.9. The Hall–Kier alpha value is -3.49. The molecule has 2 aromatic carbocycles. The van der Waals surface area contributed by atoms with Crippen LogP contribution in [0.4, 0.5) is 11.4 Å². The first-order valence-electron chi connectivity index (χ1n) is 9.15. The largest absolute Gasteiger partial charge is 0.507 e. The molecule has 1 unspecified atom stereocenters. The third-order valence-electron chi connectivity index (χ3n) is 5.11. The molecule has 0 radical (unpaired) electrons. The molecule has 1 atom stereocenters. The summed E-state index contributed by atoms with van der Waals surface area (Å²) >= 11 is 7.59. The van der Waals surface area contributed by atoms with Crippen molar-refractivity contribution < 1.29 is 19.6 Å². The number of nitro benzene ring substituents is 1. The van der Waals surface area contributed by atoms with E-state index in [1.807, 2.05) is 5.38 Å². The van der Waals surface area contributed by atoms with Gasteiger partial charge in [0.1, 0.15) is 11.8 Å². The first kappa shape index (κ1) is 20.8. The summed E-state index contributed by atoms with van der Waals surface area (Å²) in [7, 11) is 0. The van der Waals surface area contributed by atoms with Gasteiger partial charge in [-0.25, -0.2) is 0 Å². The average molecular weight is 455 g/mol. The van der Waals surface area contributed by atoms with Crippen molar-refractivity contribution in [2.75, 3.05) is 4.90 Å². The van der Waals surface area contributed by atoms with Crippen LogP contribution in [0.1, 0.15) is 22.0 Å². The van der Waals surface area contributed by atoms with Crippen LogP contribution in [0.2, 0.25) is 5.02 Å². The number of hydrogen-bond donors (Lipinski definition) is 1. The van der Waals surface area contributed by atoms with Gasteiger partial charge in [-0.15, -0.1) is 11.3 Å². The first-order valence-corrected chi connectivity index (χ1v) is 10.4. The van der Waals surface area contributed by atoms with Crippen molar-refractivity contribution in [3.05, 3.63) is 96.7 Å². The summed E-state index contributed by atoms with van der Waals surface area (Å²) in [5.41, 5.74) is 1.06. The summed E-state index contributed by atoms with van der Waals surface area (Å²) in [6.45, 7) is 1.75. The highest BCUT2D eigenvalue weighted by Gasteiger charge is 2.47. The second-order valence-corrected chi connectivity index (χ2v) is 8.26. The summed E-state index contributed by atoms with van der Waals surface area (Å²) < 4.78 is 0. The summed E-state index contributed by atoms with van der Waals surface area (Å²) in [5, 5.41) is 24.2. The first-order chi connectivity index (χ1) is 14.8. The maximum atomic E-state index is 13.1. The van der Waals surface area contributed by atoms with E-state index in [1.54, 1.807) is 37.3 Å². The van der Waals surface area contributed by atoms with E-state index in [0.29, 0.717) is 21.2 Å². The second-order valence-electron chi connectivity index (χ2n) is 6.87. The zero-order valence-corrected chi connectivity index (χ0v) is 17.7. The highest BCUT2D eigenvalue weighted by atomic mass is 35.5. The number of Topliss-reactive ketones (excluding diaryl/α,β-unsaturated/α-hetero) is 1. The SMILES string of the molecule is Cc1c(Cl)cccc1N1C(=O)C(=O)/C(=C(\O)c2ccc([N+](=O)[O-])cc2)C1c1cccs1. The zero-order chi connectivity index (χ0) is 22.3. The van der Waals surface area contributed by atoms with E-state index < -0.39 is 28.4 Å². The molecule has 0 bridgehead atoms. The number of nitrogens with zero attached hydrogens (tertiary/aromatic N) is 2. The van der Waals surface area contributed by atoms with Crippen molar-refractivity contribution in [1.29, 1.82) is 0 Å². The molecule has 3 aromatic rings. The molecule has 2 heterocycles. The average Bonchev–Trinajstić information content (AvgIpc) is 3.37. The lowest BCUT2D eigenvalue weighted by Gasteiger charge is -2.26. The normalized spacial score (nSPS) is 17.9. The molecule has 156 valence electrons. The molecule has 1 N–H and O–H groups in total. The molecule has 0 aliphatic carbocycles. The van der Waals surface area contributed by atoms with Gasteiger partial charge in [0.05, 0.1) is 10.5 Å². The summed E-state index contributed by atoms with van der Waals surface area (Å²) in [4.78, 5) is 38.5. The van der Waals surface area contributed by atoms with E-state index in [9.17, 15) is 24.8 Å². The number of aliphatic hydroxyl groups excluding tert-OH is 1. The van der Waals surface area contributed by atoms with Crippen molar-refractivity contribution in [3.63, 3.8) is 0 Å². The van der Waals surface area contributed by atoms with Crippen molar-refractivity contribution in [2.24, 2.45) is 0 Å². The van der Waals surface area contributed by atoms with Gasteiger partial charge >= 0.3 is 0 Å². The maximum Gasteiger partial charge on any atom is 0.300 e. The number of hydrogen-bond acceptors (Lipinski definition) is 6. The molecule has 9 heteroatoms. The Morgan fingerprint density at radius 2 is 1.84 bits per heavy atom. The van der Waals surface area contributed by atoms with E-state index in [1.165, 1.54) is 40.5 Å². The molecule has 0 spiro atoms. The fraction of sp³-hybridized carbons (Fsp3) is 0.0909. The van der Waals surface area contributed by atoms with Crippen molar-refractivity contribution in [3.8, 4) is 0 Å². The minimum absolute atomic E-state index is 0.0827. The van der Waals surface area contributed by atoms with Gasteiger partial charge in [-0.05, 0) is 48.2 Å². The number of ketones is 1. The van der Waals surface area contributed by atoms with E-state index in [2.05, 4.69) is 0 Å². The highest BCUT2D eigenvalue weighted by Crippen LogP contribution is 2.45. The molecule has 1 saturated heterocycles. The Kier molecular flexibility index (Phi) is 5.34. The Balaban J connectivity index is 1.92. The second kappa shape index (κ2) is 7.98. The highest BCUT2D eigenvalue weighted by molar-refractivity contribution is 7.10. The number of halogens is 1. The molecular weight excluding hydrogens is 440 g/mol. The molecule has 0 saturated carbocycles. The third-order valence-corrected chi connectivity index (χ3v) is 6.44. The van der Waals surface area contributed by atoms with Crippen LogP contribution in [0.25, 0.3) is 5.76 Å². The van der Waals surface area contributed by atoms with Gasteiger partial charge < -0.3 is 5.11 Å². The van der Waals surface area contributed by atoms with E-state index in [0.717, 1.165) is 0 Å². The number of aliphatic hydroxyl groups is 1. The number of carbonyl (C=O) groups excluding carboxylic acids is 2. The lowest BCUT2D eigenvalue weighted by atomic mass is 9.99. The van der Waals surface area contributed by atoms with Gasteiger partial charge in [-0.2, -0.15) is 0 Å². The van der Waals surface area contributed by atoms with Gasteiger partial charge in [0.15, 0.2) is 0 Å². The Bertz CT molecular complexity index is 1240. The number of anilines is 1. The van der Waals surface area contributed by atoms with Crippen LogP contribution in [0.3, 0.4) is 0 Å². The smallest absolute Gasteiger partial charge is 0.300 e. The number of thiophene rings is 1. The number of benzene rings is 2. The topological polar surface area (TPSA) is 101 Å². The Labute approximate surface area is 186 Å². The molecule has 1 amide bonds. The third kappa shape index (κ3) is 3.49. The quantitative estimate of drug-likeness (QED) is 0.191. The van der Waals surface area contributed by atoms with E-state index in [4.69, 9.17) is 11.6 Å². The molecule has 1 aliphatic heterocycles. The lowest BCUT2D eigenvalue weighted by Crippen LogP contribution is -2.29. The zero-order valence-electron chi connectivity index (χ0n) is 16.1. The lowest BCUT2D eigenvalue weighted by molar-refractivity contribution is -0.384.